The van der Waals surface area contributed by atoms with Gasteiger partial charge in [0.05, 0.1) is 17.1 Å². The molecule has 0 aromatic rings. The number of hydrogen-bond acceptors (Lipinski definition) is 4. The Bertz CT molecular complexity index is 187. The van der Waals surface area contributed by atoms with Crippen LogP contribution in [0.25, 0.3) is 0 Å². The zero-order valence-electron chi connectivity index (χ0n) is 9.66. The molecule has 0 rings (SSSR count). The summed E-state index contributed by atoms with van der Waals surface area (Å²) < 4.78 is 4.55. The van der Waals surface area contributed by atoms with E-state index in [2.05, 4.69) is 39.1 Å². The van der Waals surface area contributed by atoms with Gasteiger partial charge in [0, 0.05) is 0 Å². The van der Waals surface area contributed by atoms with Crippen LogP contribution in [0.3, 0.4) is 0 Å². The van der Waals surface area contributed by atoms with Crippen LogP contribution in [0.15, 0.2) is 0 Å². The molecule has 0 bridgehead atoms. The molecule has 0 unspecified atom stereocenters. The second kappa shape index (κ2) is 11.1. The van der Waals surface area contributed by atoms with Gasteiger partial charge in [0.1, 0.15) is 0 Å². The van der Waals surface area contributed by atoms with Crippen LogP contribution in [-0.2, 0) is 9.53 Å². The standard InChI is InChI=1S/C11H22O2S2.Sn.4H/c1-3-5-7-11(14,15)9-10(12)13-8-6-4-2;;;;;/h14-15H,3-9H2,1-2H3;;;;;. The Kier molecular flexibility index (Phi) is 13.4. The van der Waals surface area contributed by atoms with E-state index in [-0.39, 0.29) is 36.3 Å². The van der Waals surface area contributed by atoms with Crippen molar-refractivity contribution in [3.63, 3.8) is 0 Å². The SMILES string of the molecule is CCCCOC(=O)CC(S)(S)CCCC.[SnH4]. The van der Waals surface area contributed by atoms with Crippen molar-refractivity contribution < 1.29 is 9.53 Å². The van der Waals surface area contributed by atoms with Gasteiger partial charge in [-0.3, -0.25) is 4.79 Å². The maximum absolute atomic E-state index is 11.4. The second-order valence-corrected chi connectivity index (χ2v) is 5.90. The van der Waals surface area contributed by atoms with Gasteiger partial charge in [0.15, 0.2) is 0 Å². The van der Waals surface area contributed by atoms with Crippen molar-refractivity contribution in [1.82, 2.24) is 0 Å². The molecule has 0 saturated heterocycles. The molecule has 0 amide bonds. The molecule has 0 N–H and O–H groups in total. The van der Waals surface area contributed by atoms with Gasteiger partial charge in [-0.05, 0) is 12.8 Å². The van der Waals surface area contributed by atoms with Gasteiger partial charge < -0.3 is 4.74 Å². The summed E-state index contributed by atoms with van der Waals surface area (Å²) >= 11 is 8.74. The van der Waals surface area contributed by atoms with E-state index in [1.807, 2.05) is 0 Å². The monoisotopic (exact) mass is 374 g/mol. The van der Waals surface area contributed by atoms with Crippen LogP contribution in [0.2, 0.25) is 0 Å². The van der Waals surface area contributed by atoms with Crippen molar-refractivity contribution in [2.24, 2.45) is 0 Å². The molecular weight excluding hydrogens is 347 g/mol. The average molecular weight is 373 g/mol. The van der Waals surface area contributed by atoms with Crippen LogP contribution < -0.4 is 0 Å². The van der Waals surface area contributed by atoms with Gasteiger partial charge >= 0.3 is 29.9 Å². The van der Waals surface area contributed by atoms with E-state index in [1.165, 1.54) is 0 Å². The first-order valence-corrected chi connectivity index (χ1v) is 6.51. The van der Waals surface area contributed by atoms with E-state index < -0.39 is 4.08 Å². The number of carbonyl (C=O) groups excluding carboxylic acids is 1. The van der Waals surface area contributed by atoms with E-state index in [1.54, 1.807) is 0 Å². The van der Waals surface area contributed by atoms with E-state index in [0.29, 0.717) is 6.61 Å². The third kappa shape index (κ3) is 11.5. The fourth-order valence-electron chi connectivity index (χ4n) is 1.16. The third-order valence-corrected chi connectivity index (χ3v) is 2.88. The molecule has 2 nitrogen and oxygen atoms in total. The molecule has 5 heteroatoms. The molecule has 0 radical (unpaired) electrons. The summed E-state index contributed by atoms with van der Waals surface area (Å²) in [5.74, 6) is -0.190. The molecule has 0 aromatic carbocycles. The van der Waals surface area contributed by atoms with Gasteiger partial charge in [0.2, 0.25) is 0 Å². The van der Waals surface area contributed by atoms with Crippen molar-refractivity contribution in [2.75, 3.05) is 6.61 Å². The zero-order valence-corrected chi connectivity index (χ0v) is 11.4. The summed E-state index contributed by atoms with van der Waals surface area (Å²) in [5, 5.41) is 0. The number of thiol groups is 2. The summed E-state index contributed by atoms with van der Waals surface area (Å²) in [7, 11) is 0. The summed E-state index contributed by atoms with van der Waals surface area (Å²) in [6.45, 7) is 4.69. The predicted molar refractivity (Wildman–Crippen MR) is 82.0 cm³/mol. The molecule has 0 aliphatic rings. The van der Waals surface area contributed by atoms with Crippen LogP contribution in [-0.4, -0.2) is 40.6 Å². The Morgan fingerprint density at radius 3 is 2.25 bits per heavy atom. The molecule has 16 heavy (non-hydrogen) atoms. The molecule has 0 aliphatic carbocycles. The number of unbranched alkanes of at least 4 members (excludes halogenated alkanes) is 2. The van der Waals surface area contributed by atoms with Crippen LogP contribution in [0.5, 0.6) is 0 Å². The third-order valence-electron chi connectivity index (χ3n) is 2.12. The number of rotatable bonds is 8. The molecule has 0 aromatic heterocycles. The topological polar surface area (TPSA) is 26.3 Å². The van der Waals surface area contributed by atoms with Gasteiger partial charge in [-0.2, -0.15) is 25.3 Å². The van der Waals surface area contributed by atoms with Crippen LogP contribution in [0.1, 0.15) is 52.4 Å². The van der Waals surface area contributed by atoms with Crippen LogP contribution >= 0.6 is 25.3 Å². The van der Waals surface area contributed by atoms with Crippen molar-refractivity contribution in [3.8, 4) is 0 Å². The van der Waals surface area contributed by atoms with Gasteiger partial charge in [0.25, 0.3) is 0 Å². The first kappa shape index (κ1) is 19.3. The minimum atomic E-state index is -0.515. The normalized spacial score (nSPS) is 10.8. The summed E-state index contributed by atoms with van der Waals surface area (Å²) in [4.78, 5) is 11.4. The molecular formula is C11H26O2S2Sn. The Hall–Kier alpha value is 0.969. The summed E-state index contributed by atoms with van der Waals surface area (Å²) in [5.41, 5.74) is 0. The molecule has 98 valence electrons. The van der Waals surface area contributed by atoms with E-state index in [9.17, 15) is 4.79 Å². The number of ether oxygens (including phenoxy) is 1. The van der Waals surface area contributed by atoms with E-state index >= 15 is 0 Å². The van der Waals surface area contributed by atoms with Gasteiger partial charge in [-0.15, -0.1) is 0 Å². The Labute approximate surface area is 127 Å². The minimum absolute atomic E-state index is 0. The molecule has 0 aliphatic heterocycles. The van der Waals surface area contributed by atoms with E-state index in [0.717, 1.165) is 32.1 Å². The molecule has 0 fully saturated rings. The molecule has 0 saturated carbocycles. The zero-order chi connectivity index (χ0) is 11.7. The van der Waals surface area contributed by atoms with E-state index in [4.69, 9.17) is 4.74 Å². The summed E-state index contributed by atoms with van der Waals surface area (Å²) in [6, 6.07) is 0. The summed E-state index contributed by atoms with van der Waals surface area (Å²) in [6.07, 6.45) is 5.20. The van der Waals surface area contributed by atoms with Crippen LogP contribution in [0, 0.1) is 0 Å². The average Bonchev–Trinajstić information content (AvgIpc) is 2.14. The molecule has 0 heterocycles. The Morgan fingerprint density at radius 2 is 1.75 bits per heavy atom. The number of carbonyl (C=O) groups is 1. The predicted octanol–water partition coefficient (Wildman–Crippen LogP) is 2.01. The van der Waals surface area contributed by atoms with Crippen molar-refractivity contribution in [1.29, 1.82) is 0 Å². The van der Waals surface area contributed by atoms with Crippen LogP contribution in [0.4, 0.5) is 0 Å². The number of hydrogen-bond donors (Lipinski definition) is 2. The van der Waals surface area contributed by atoms with Crippen molar-refractivity contribution in [2.45, 2.75) is 56.5 Å². The van der Waals surface area contributed by atoms with Gasteiger partial charge in [-0.1, -0.05) is 33.1 Å². The number of esters is 1. The van der Waals surface area contributed by atoms with Crippen molar-refractivity contribution in [3.05, 3.63) is 0 Å². The quantitative estimate of drug-likeness (QED) is 0.224. The molecule has 0 spiro atoms. The first-order chi connectivity index (χ1) is 7.02. The Morgan fingerprint density at radius 1 is 1.19 bits per heavy atom. The fraction of sp³-hybridized carbons (Fsp3) is 0.909. The maximum atomic E-state index is 11.4. The van der Waals surface area contributed by atoms with Crippen molar-refractivity contribution >= 4 is 55.1 Å². The second-order valence-electron chi connectivity index (χ2n) is 3.84. The van der Waals surface area contributed by atoms with Gasteiger partial charge in [-0.25, -0.2) is 0 Å². The molecule has 0 atom stereocenters. The Balaban J connectivity index is 0. The first-order valence-electron chi connectivity index (χ1n) is 5.62. The fourth-order valence-corrected chi connectivity index (χ4v) is 1.74.